The summed E-state index contributed by atoms with van der Waals surface area (Å²) in [6.07, 6.45) is -5.37. The summed E-state index contributed by atoms with van der Waals surface area (Å²) >= 11 is 0. The third-order valence-electron chi connectivity index (χ3n) is 3.51. The van der Waals surface area contributed by atoms with Gasteiger partial charge in [0.05, 0.1) is 16.6 Å². The molecule has 0 bridgehead atoms. The number of hydrogen-bond donors (Lipinski definition) is 3. The molecule has 0 aliphatic rings. The van der Waals surface area contributed by atoms with Crippen LogP contribution in [0.25, 0.3) is 11.0 Å². The summed E-state index contributed by atoms with van der Waals surface area (Å²) < 4.78 is 39.4. The molecule has 0 aliphatic heterocycles. The molecular formula is C14H16F3N3O3. The zero-order valence-corrected chi connectivity index (χ0v) is 12.5. The van der Waals surface area contributed by atoms with Crippen molar-refractivity contribution in [2.24, 2.45) is 0 Å². The zero-order valence-electron chi connectivity index (χ0n) is 12.5. The van der Waals surface area contributed by atoms with Crippen LogP contribution >= 0.6 is 0 Å². The SMILES string of the molecule is CC(C)(CCn1c(=O)[nH]c2cc(C(F)(F)F)ccc21)NC(=O)O. The van der Waals surface area contributed by atoms with Crippen LogP contribution < -0.4 is 11.0 Å². The van der Waals surface area contributed by atoms with Gasteiger partial charge in [-0.25, -0.2) is 9.59 Å². The molecule has 0 saturated carbocycles. The minimum Gasteiger partial charge on any atom is -0.465 e. The Labute approximate surface area is 128 Å². The third kappa shape index (κ3) is 3.85. The predicted molar refractivity (Wildman–Crippen MR) is 77.4 cm³/mol. The number of aromatic nitrogens is 2. The minimum absolute atomic E-state index is 0.0915. The molecule has 0 fully saturated rings. The smallest absolute Gasteiger partial charge is 0.416 e. The zero-order chi connectivity index (χ0) is 17.4. The van der Waals surface area contributed by atoms with Crippen molar-refractivity contribution in [3.8, 4) is 0 Å². The van der Waals surface area contributed by atoms with Gasteiger partial charge in [0.2, 0.25) is 0 Å². The number of carbonyl (C=O) groups is 1. The van der Waals surface area contributed by atoms with E-state index in [0.29, 0.717) is 11.9 Å². The lowest BCUT2D eigenvalue weighted by Gasteiger charge is -2.24. The van der Waals surface area contributed by atoms with Gasteiger partial charge in [-0.05, 0) is 38.5 Å². The second kappa shape index (κ2) is 5.64. The van der Waals surface area contributed by atoms with Gasteiger partial charge >= 0.3 is 18.0 Å². The van der Waals surface area contributed by atoms with Crippen LogP contribution in [0, 0.1) is 0 Å². The van der Waals surface area contributed by atoms with Crippen molar-refractivity contribution in [1.82, 2.24) is 14.9 Å². The van der Waals surface area contributed by atoms with Gasteiger partial charge in [0.15, 0.2) is 0 Å². The Kier molecular flexibility index (Phi) is 4.14. The first-order valence-electron chi connectivity index (χ1n) is 6.80. The summed E-state index contributed by atoms with van der Waals surface area (Å²) in [6.45, 7) is 3.48. The number of aryl methyl sites for hydroxylation is 1. The van der Waals surface area contributed by atoms with Crippen molar-refractivity contribution < 1.29 is 23.1 Å². The highest BCUT2D eigenvalue weighted by Crippen LogP contribution is 2.30. The number of benzene rings is 1. The number of nitrogens with zero attached hydrogens (tertiary/aromatic N) is 1. The first kappa shape index (κ1) is 16.9. The number of aromatic amines is 1. The molecule has 1 aromatic heterocycles. The van der Waals surface area contributed by atoms with E-state index in [2.05, 4.69) is 10.3 Å². The Bertz CT molecular complexity index is 790. The molecule has 3 N–H and O–H groups in total. The minimum atomic E-state index is -4.49. The molecule has 0 unspecified atom stereocenters. The Morgan fingerprint density at radius 2 is 2.00 bits per heavy atom. The van der Waals surface area contributed by atoms with E-state index in [0.717, 1.165) is 12.1 Å². The average Bonchev–Trinajstić information content (AvgIpc) is 2.68. The number of imidazole rings is 1. The number of H-pyrrole nitrogens is 1. The van der Waals surface area contributed by atoms with E-state index in [1.807, 2.05) is 0 Å². The predicted octanol–water partition coefficient (Wildman–Crippen LogP) is 2.78. The van der Waals surface area contributed by atoms with E-state index < -0.39 is 29.1 Å². The van der Waals surface area contributed by atoms with Crippen molar-refractivity contribution in [3.05, 3.63) is 34.2 Å². The fourth-order valence-corrected chi connectivity index (χ4v) is 2.31. The van der Waals surface area contributed by atoms with Gasteiger partial charge in [-0.15, -0.1) is 0 Å². The molecule has 23 heavy (non-hydrogen) atoms. The number of carboxylic acid groups (broad SMARTS) is 1. The highest BCUT2D eigenvalue weighted by Gasteiger charge is 2.31. The van der Waals surface area contributed by atoms with Crippen molar-refractivity contribution in [3.63, 3.8) is 0 Å². The fraction of sp³-hybridized carbons (Fsp3) is 0.429. The molecule has 2 aromatic rings. The quantitative estimate of drug-likeness (QED) is 0.805. The summed E-state index contributed by atoms with van der Waals surface area (Å²) in [6, 6.07) is 3.02. The largest absolute Gasteiger partial charge is 0.465 e. The Balaban J connectivity index is 2.30. The van der Waals surface area contributed by atoms with Crippen LogP contribution in [-0.4, -0.2) is 26.3 Å². The Hall–Kier alpha value is -2.45. The molecule has 1 heterocycles. The molecule has 2 rings (SSSR count). The lowest BCUT2D eigenvalue weighted by molar-refractivity contribution is -0.137. The van der Waals surface area contributed by atoms with Crippen molar-refractivity contribution >= 4 is 17.1 Å². The Morgan fingerprint density at radius 1 is 1.35 bits per heavy atom. The van der Waals surface area contributed by atoms with Crippen LogP contribution in [0.5, 0.6) is 0 Å². The van der Waals surface area contributed by atoms with E-state index in [9.17, 15) is 22.8 Å². The van der Waals surface area contributed by atoms with Crippen LogP contribution in [0.15, 0.2) is 23.0 Å². The van der Waals surface area contributed by atoms with Gasteiger partial charge in [0.1, 0.15) is 0 Å². The lowest BCUT2D eigenvalue weighted by atomic mass is 10.0. The van der Waals surface area contributed by atoms with Crippen LogP contribution in [0.4, 0.5) is 18.0 Å². The molecule has 6 nitrogen and oxygen atoms in total. The van der Waals surface area contributed by atoms with Gasteiger partial charge in [0, 0.05) is 12.1 Å². The van der Waals surface area contributed by atoms with E-state index in [1.165, 1.54) is 10.6 Å². The molecule has 9 heteroatoms. The molecular weight excluding hydrogens is 315 g/mol. The fourth-order valence-electron chi connectivity index (χ4n) is 2.31. The van der Waals surface area contributed by atoms with E-state index in [1.54, 1.807) is 13.8 Å². The van der Waals surface area contributed by atoms with Crippen molar-refractivity contribution in [2.45, 2.75) is 38.5 Å². The first-order chi connectivity index (χ1) is 10.5. The Morgan fingerprint density at radius 3 is 2.57 bits per heavy atom. The normalized spacial score (nSPS) is 12.6. The summed E-state index contributed by atoms with van der Waals surface area (Å²) in [5, 5.41) is 11.1. The molecule has 1 aromatic carbocycles. The standard InChI is InChI=1S/C14H16F3N3O3/c1-13(2,19-12(22)23)5-6-20-10-4-3-8(14(15,16)17)7-9(10)18-11(20)21/h3-4,7,19H,5-6H2,1-2H3,(H,18,21)(H,22,23). The summed E-state index contributed by atoms with van der Waals surface area (Å²) in [4.78, 5) is 25.0. The second-order valence-electron chi connectivity index (χ2n) is 5.88. The van der Waals surface area contributed by atoms with Gasteiger partial charge in [-0.1, -0.05) is 0 Å². The van der Waals surface area contributed by atoms with Crippen LogP contribution in [-0.2, 0) is 12.7 Å². The molecule has 0 atom stereocenters. The van der Waals surface area contributed by atoms with Gasteiger partial charge < -0.3 is 15.4 Å². The number of halogens is 3. The first-order valence-corrected chi connectivity index (χ1v) is 6.80. The van der Waals surface area contributed by atoms with Crippen molar-refractivity contribution in [2.75, 3.05) is 0 Å². The lowest BCUT2D eigenvalue weighted by Crippen LogP contribution is -2.43. The van der Waals surface area contributed by atoms with E-state index in [4.69, 9.17) is 5.11 Å². The number of nitrogens with one attached hydrogen (secondary N) is 2. The highest BCUT2D eigenvalue weighted by molar-refractivity contribution is 5.76. The number of hydrogen-bond acceptors (Lipinski definition) is 2. The maximum Gasteiger partial charge on any atom is 0.416 e. The van der Waals surface area contributed by atoms with Gasteiger partial charge in [-0.3, -0.25) is 4.57 Å². The molecule has 1 amide bonds. The summed E-state index contributed by atoms with van der Waals surface area (Å²) in [5.74, 6) is 0. The summed E-state index contributed by atoms with van der Waals surface area (Å²) in [7, 11) is 0. The van der Waals surface area contributed by atoms with Crippen LogP contribution in [0.3, 0.4) is 0 Å². The van der Waals surface area contributed by atoms with Crippen LogP contribution in [0.1, 0.15) is 25.8 Å². The molecule has 0 spiro atoms. The molecule has 0 radical (unpaired) electrons. The van der Waals surface area contributed by atoms with Gasteiger partial charge in [0.25, 0.3) is 0 Å². The number of fused-ring (bicyclic) bond motifs is 1. The monoisotopic (exact) mass is 331 g/mol. The van der Waals surface area contributed by atoms with Crippen LogP contribution in [0.2, 0.25) is 0 Å². The maximum absolute atomic E-state index is 12.7. The van der Waals surface area contributed by atoms with Crippen molar-refractivity contribution in [1.29, 1.82) is 0 Å². The summed E-state index contributed by atoms with van der Waals surface area (Å²) in [5.41, 5.74) is -1.72. The molecule has 0 saturated heterocycles. The number of alkyl halides is 3. The van der Waals surface area contributed by atoms with E-state index in [-0.39, 0.29) is 12.1 Å². The van der Waals surface area contributed by atoms with E-state index >= 15 is 0 Å². The molecule has 0 aliphatic carbocycles. The number of rotatable bonds is 4. The highest BCUT2D eigenvalue weighted by atomic mass is 19.4. The molecule has 126 valence electrons. The average molecular weight is 331 g/mol. The maximum atomic E-state index is 12.7. The second-order valence-corrected chi connectivity index (χ2v) is 5.88. The third-order valence-corrected chi connectivity index (χ3v) is 3.51. The van der Waals surface area contributed by atoms with Gasteiger partial charge in [-0.2, -0.15) is 13.2 Å². The topological polar surface area (TPSA) is 87.1 Å². The number of amides is 1.